The number of carbonyl (C=O) groups is 1. The van der Waals surface area contributed by atoms with Gasteiger partial charge in [-0.2, -0.15) is 0 Å². The van der Waals surface area contributed by atoms with E-state index in [2.05, 4.69) is 17.6 Å². The van der Waals surface area contributed by atoms with Crippen LogP contribution in [0.4, 0.5) is 0 Å². The third-order valence-corrected chi connectivity index (χ3v) is 3.09. The fraction of sp³-hybridized carbons (Fsp3) is 0.917. The summed E-state index contributed by atoms with van der Waals surface area (Å²) in [5.41, 5.74) is 0. The molecule has 1 aliphatic heterocycles. The Kier molecular flexibility index (Phi) is 5.77. The average molecular weight is 228 g/mol. The summed E-state index contributed by atoms with van der Waals surface area (Å²) in [6.45, 7) is 5.87. The Morgan fingerprint density at radius 1 is 1.62 bits per heavy atom. The molecule has 0 aromatic carbocycles. The van der Waals surface area contributed by atoms with E-state index in [4.69, 9.17) is 4.74 Å². The summed E-state index contributed by atoms with van der Waals surface area (Å²) < 4.78 is 5.02. The van der Waals surface area contributed by atoms with Crippen molar-refractivity contribution in [3.63, 3.8) is 0 Å². The quantitative estimate of drug-likeness (QED) is 0.735. The summed E-state index contributed by atoms with van der Waals surface area (Å²) in [4.78, 5) is 11.7. The molecule has 3 unspecified atom stereocenters. The van der Waals surface area contributed by atoms with Gasteiger partial charge in [0.2, 0.25) is 5.91 Å². The van der Waals surface area contributed by atoms with Crippen molar-refractivity contribution in [1.82, 2.24) is 10.6 Å². The number of hydrogen-bond acceptors (Lipinski definition) is 3. The van der Waals surface area contributed by atoms with Crippen LogP contribution < -0.4 is 10.6 Å². The molecule has 0 aliphatic carbocycles. The second kappa shape index (κ2) is 6.86. The van der Waals surface area contributed by atoms with Gasteiger partial charge in [-0.1, -0.05) is 6.92 Å². The monoisotopic (exact) mass is 228 g/mol. The van der Waals surface area contributed by atoms with Crippen molar-refractivity contribution >= 4 is 5.91 Å². The number of carbonyl (C=O) groups excluding carboxylic acids is 1. The first-order chi connectivity index (χ1) is 7.63. The molecule has 0 bridgehead atoms. The normalized spacial score (nSPS) is 27.4. The first-order valence-corrected chi connectivity index (χ1v) is 6.15. The van der Waals surface area contributed by atoms with Crippen LogP contribution in [0, 0.1) is 5.92 Å². The van der Waals surface area contributed by atoms with Crippen LogP contribution >= 0.6 is 0 Å². The van der Waals surface area contributed by atoms with Crippen LogP contribution in [-0.4, -0.2) is 38.3 Å². The second-order valence-electron chi connectivity index (χ2n) is 4.82. The molecule has 1 fully saturated rings. The van der Waals surface area contributed by atoms with Gasteiger partial charge in [-0.05, 0) is 32.2 Å². The standard InChI is InChI=1S/C12H24N2O2/c1-9(8-16-3)7-12(15)14-11-5-4-6-13-10(11)2/h9-11,13H,4-8H2,1-3H3,(H,14,15). The maximum absolute atomic E-state index is 11.7. The van der Waals surface area contributed by atoms with Crippen molar-refractivity contribution < 1.29 is 9.53 Å². The molecule has 4 nitrogen and oxygen atoms in total. The molecule has 2 N–H and O–H groups in total. The number of piperidine rings is 1. The minimum absolute atomic E-state index is 0.144. The topological polar surface area (TPSA) is 50.4 Å². The number of hydrogen-bond donors (Lipinski definition) is 2. The Balaban J connectivity index is 2.27. The van der Waals surface area contributed by atoms with Crippen molar-refractivity contribution in [3.8, 4) is 0 Å². The lowest BCUT2D eigenvalue weighted by Crippen LogP contribution is -2.52. The van der Waals surface area contributed by atoms with Gasteiger partial charge in [0.1, 0.15) is 0 Å². The van der Waals surface area contributed by atoms with E-state index < -0.39 is 0 Å². The van der Waals surface area contributed by atoms with Crippen molar-refractivity contribution in [2.24, 2.45) is 5.92 Å². The van der Waals surface area contributed by atoms with Crippen molar-refractivity contribution in [2.45, 2.75) is 45.2 Å². The van der Waals surface area contributed by atoms with Gasteiger partial charge in [-0.25, -0.2) is 0 Å². The fourth-order valence-electron chi connectivity index (χ4n) is 2.17. The van der Waals surface area contributed by atoms with Crippen molar-refractivity contribution in [1.29, 1.82) is 0 Å². The zero-order chi connectivity index (χ0) is 12.0. The van der Waals surface area contributed by atoms with Crippen LogP contribution in [0.1, 0.15) is 33.1 Å². The van der Waals surface area contributed by atoms with Crippen LogP contribution in [-0.2, 0) is 9.53 Å². The molecule has 1 aliphatic rings. The predicted molar refractivity (Wildman–Crippen MR) is 64.3 cm³/mol. The Hall–Kier alpha value is -0.610. The molecule has 3 atom stereocenters. The van der Waals surface area contributed by atoms with Gasteiger partial charge in [-0.15, -0.1) is 0 Å². The summed E-state index contributed by atoms with van der Waals surface area (Å²) in [5, 5.41) is 6.48. The maximum Gasteiger partial charge on any atom is 0.220 e. The van der Waals surface area contributed by atoms with Crippen LogP contribution in [0.3, 0.4) is 0 Å². The zero-order valence-corrected chi connectivity index (χ0v) is 10.6. The van der Waals surface area contributed by atoms with Gasteiger partial charge in [0, 0.05) is 32.2 Å². The lowest BCUT2D eigenvalue weighted by Gasteiger charge is -2.30. The largest absolute Gasteiger partial charge is 0.384 e. The molecular formula is C12H24N2O2. The number of rotatable bonds is 5. The molecular weight excluding hydrogens is 204 g/mol. The SMILES string of the molecule is COCC(C)CC(=O)NC1CCCNC1C. The van der Waals surface area contributed by atoms with Crippen LogP contribution in [0.5, 0.6) is 0 Å². The minimum Gasteiger partial charge on any atom is -0.384 e. The number of nitrogens with one attached hydrogen (secondary N) is 2. The summed E-state index contributed by atoms with van der Waals surface area (Å²) in [5.74, 6) is 0.432. The predicted octanol–water partition coefficient (Wildman–Crippen LogP) is 0.916. The number of methoxy groups -OCH3 is 1. The van der Waals surface area contributed by atoms with E-state index in [1.54, 1.807) is 7.11 Å². The molecule has 94 valence electrons. The average Bonchev–Trinajstić information content (AvgIpc) is 2.21. The molecule has 0 saturated carbocycles. The van der Waals surface area contributed by atoms with E-state index in [1.165, 1.54) is 0 Å². The van der Waals surface area contributed by atoms with Crippen molar-refractivity contribution in [2.75, 3.05) is 20.3 Å². The smallest absolute Gasteiger partial charge is 0.220 e. The highest BCUT2D eigenvalue weighted by Crippen LogP contribution is 2.09. The summed E-state index contributed by atoms with van der Waals surface area (Å²) >= 11 is 0. The van der Waals surface area contributed by atoms with Crippen LogP contribution in [0.25, 0.3) is 0 Å². The van der Waals surface area contributed by atoms with Gasteiger partial charge < -0.3 is 15.4 Å². The van der Waals surface area contributed by atoms with E-state index >= 15 is 0 Å². The molecule has 4 heteroatoms. The van der Waals surface area contributed by atoms with Gasteiger partial charge in [0.05, 0.1) is 0 Å². The molecule has 1 heterocycles. The number of amides is 1. The highest BCUT2D eigenvalue weighted by atomic mass is 16.5. The molecule has 0 radical (unpaired) electrons. The van der Waals surface area contributed by atoms with Gasteiger partial charge in [0.25, 0.3) is 0 Å². The third-order valence-electron chi connectivity index (χ3n) is 3.09. The Morgan fingerprint density at radius 3 is 3.00 bits per heavy atom. The Morgan fingerprint density at radius 2 is 2.38 bits per heavy atom. The van der Waals surface area contributed by atoms with Gasteiger partial charge >= 0.3 is 0 Å². The molecule has 1 amide bonds. The van der Waals surface area contributed by atoms with Crippen molar-refractivity contribution in [3.05, 3.63) is 0 Å². The summed E-state index contributed by atoms with van der Waals surface area (Å²) in [6.07, 6.45) is 2.78. The summed E-state index contributed by atoms with van der Waals surface area (Å²) in [7, 11) is 1.67. The fourth-order valence-corrected chi connectivity index (χ4v) is 2.17. The molecule has 0 aromatic heterocycles. The Bertz CT molecular complexity index is 221. The van der Waals surface area contributed by atoms with E-state index in [0.29, 0.717) is 19.1 Å². The van der Waals surface area contributed by atoms with E-state index in [1.807, 2.05) is 6.92 Å². The van der Waals surface area contributed by atoms with E-state index in [0.717, 1.165) is 19.4 Å². The lowest BCUT2D eigenvalue weighted by molar-refractivity contribution is -0.123. The van der Waals surface area contributed by atoms with Crippen LogP contribution in [0.2, 0.25) is 0 Å². The van der Waals surface area contributed by atoms with Gasteiger partial charge in [-0.3, -0.25) is 4.79 Å². The van der Waals surface area contributed by atoms with E-state index in [9.17, 15) is 4.79 Å². The third kappa shape index (κ3) is 4.49. The lowest BCUT2D eigenvalue weighted by atomic mass is 9.99. The van der Waals surface area contributed by atoms with E-state index in [-0.39, 0.29) is 17.9 Å². The number of ether oxygens (including phenoxy) is 1. The second-order valence-corrected chi connectivity index (χ2v) is 4.82. The zero-order valence-electron chi connectivity index (χ0n) is 10.6. The first kappa shape index (κ1) is 13.5. The molecule has 0 spiro atoms. The Labute approximate surface area is 98.1 Å². The van der Waals surface area contributed by atoms with Crippen LogP contribution in [0.15, 0.2) is 0 Å². The highest BCUT2D eigenvalue weighted by Gasteiger charge is 2.22. The van der Waals surface area contributed by atoms with Gasteiger partial charge in [0.15, 0.2) is 0 Å². The molecule has 16 heavy (non-hydrogen) atoms. The summed E-state index contributed by atoms with van der Waals surface area (Å²) in [6, 6.07) is 0.673. The molecule has 0 aromatic rings. The molecule has 1 rings (SSSR count). The first-order valence-electron chi connectivity index (χ1n) is 6.15. The minimum atomic E-state index is 0.144. The molecule has 1 saturated heterocycles. The maximum atomic E-state index is 11.7. The highest BCUT2D eigenvalue weighted by molar-refractivity contribution is 5.76.